The van der Waals surface area contributed by atoms with Crippen molar-refractivity contribution >= 4 is 21.5 Å². The minimum atomic E-state index is -4.97. The first kappa shape index (κ1) is 17.5. The van der Waals surface area contributed by atoms with Crippen LogP contribution < -0.4 is 10.5 Å². The van der Waals surface area contributed by atoms with Gasteiger partial charge in [-0.1, -0.05) is 6.07 Å². The van der Waals surface area contributed by atoms with E-state index in [1.54, 1.807) is 0 Å². The van der Waals surface area contributed by atoms with E-state index >= 15 is 0 Å². The average Bonchev–Trinajstić information content (AvgIpc) is 2.45. The first-order chi connectivity index (χ1) is 11.0. The Balaban J connectivity index is 2.46. The lowest BCUT2D eigenvalue weighted by Crippen LogP contribution is -2.17. The molecule has 0 aliphatic rings. The zero-order valence-electron chi connectivity index (χ0n) is 11.6. The molecule has 0 spiro atoms. The number of ether oxygens (including phenoxy) is 1. The van der Waals surface area contributed by atoms with E-state index in [1.807, 2.05) is 0 Å². The molecule has 1 aromatic carbocycles. The Bertz CT molecular complexity index is 897. The minimum absolute atomic E-state index is 0.397. The van der Waals surface area contributed by atoms with Crippen LogP contribution in [-0.2, 0) is 9.84 Å². The molecule has 3 N–H and O–H groups in total. The summed E-state index contributed by atoms with van der Waals surface area (Å²) in [5.74, 6) is -2.16. The van der Waals surface area contributed by atoms with Gasteiger partial charge in [-0.3, -0.25) is 0 Å². The van der Waals surface area contributed by atoms with Crippen molar-refractivity contribution in [3.63, 3.8) is 0 Å². The molecule has 0 fully saturated rings. The summed E-state index contributed by atoms with van der Waals surface area (Å²) >= 11 is 0. The third kappa shape index (κ3) is 3.74. The molecule has 0 bridgehead atoms. The monoisotopic (exact) mass is 362 g/mol. The van der Waals surface area contributed by atoms with Crippen molar-refractivity contribution in [1.29, 1.82) is 0 Å². The molecule has 128 valence electrons. The average molecular weight is 362 g/mol. The van der Waals surface area contributed by atoms with E-state index in [4.69, 9.17) is 10.8 Å². The molecule has 1 aromatic heterocycles. The Morgan fingerprint density at radius 3 is 2.42 bits per heavy atom. The number of carboxylic acid groups (broad SMARTS) is 1. The van der Waals surface area contributed by atoms with E-state index in [-0.39, 0.29) is 0 Å². The number of aromatic carboxylic acids is 1. The normalized spacial score (nSPS) is 12.0. The second-order valence-electron chi connectivity index (χ2n) is 4.44. The van der Waals surface area contributed by atoms with Gasteiger partial charge in [0.25, 0.3) is 0 Å². The lowest BCUT2D eigenvalue weighted by molar-refractivity contribution is -0.274. The van der Waals surface area contributed by atoms with E-state index in [2.05, 4.69) is 9.72 Å². The highest BCUT2D eigenvalue weighted by molar-refractivity contribution is 7.91. The number of benzene rings is 1. The van der Waals surface area contributed by atoms with Crippen molar-refractivity contribution in [2.24, 2.45) is 0 Å². The smallest absolute Gasteiger partial charge is 0.476 e. The van der Waals surface area contributed by atoms with Crippen LogP contribution in [0.3, 0.4) is 0 Å². The van der Waals surface area contributed by atoms with Gasteiger partial charge in [-0.05, 0) is 24.3 Å². The van der Waals surface area contributed by atoms with E-state index in [0.29, 0.717) is 6.07 Å². The first-order valence-corrected chi connectivity index (χ1v) is 7.59. The van der Waals surface area contributed by atoms with Crippen LogP contribution in [0.2, 0.25) is 0 Å². The van der Waals surface area contributed by atoms with Crippen molar-refractivity contribution in [1.82, 2.24) is 4.98 Å². The fourth-order valence-corrected chi connectivity index (χ4v) is 3.04. The summed E-state index contributed by atoms with van der Waals surface area (Å²) in [6, 6.07) is 4.61. The number of sulfone groups is 1. The Kier molecular flexibility index (Phi) is 4.38. The van der Waals surface area contributed by atoms with Crippen LogP contribution in [0.5, 0.6) is 5.75 Å². The highest BCUT2D eigenvalue weighted by atomic mass is 32.2. The highest BCUT2D eigenvalue weighted by Crippen LogP contribution is 2.28. The van der Waals surface area contributed by atoms with E-state index in [9.17, 15) is 26.4 Å². The number of hydrogen-bond acceptors (Lipinski definition) is 6. The van der Waals surface area contributed by atoms with Crippen molar-refractivity contribution in [3.05, 3.63) is 42.2 Å². The van der Waals surface area contributed by atoms with Crippen LogP contribution >= 0.6 is 0 Å². The minimum Gasteiger partial charge on any atom is -0.476 e. The van der Waals surface area contributed by atoms with Gasteiger partial charge in [0.05, 0.1) is 15.5 Å². The van der Waals surface area contributed by atoms with E-state index < -0.39 is 49.1 Å². The summed E-state index contributed by atoms with van der Waals surface area (Å²) in [4.78, 5) is 13.3. The lowest BCUT2D eigenvalue weighted by Gasteiger charge is -2.11. The van der Waals surface area contributed by atoms with Gasteiger partial charge < -0.3 is 15.6 Å². The number of anilines is 1. The quantitative estimate of drug-likeness (QED) is 0.854. The Hall–Kier alpha value is -2.82. The summed E-state index contributed by atoms with van der Waals surface area (Å²) in [7, 11) is -4.26. The second-order valence-corrected chi connectivity index (χ2v) is 6.39. The number of nitrogens with zero attached hydrogens (tertiary/aromatic N) is 1. The summed E-state index contributed by atoms with van der Waals surface area (Å²) < 4.78 is 65.1. The maximum atomic E-state index is 12.4. The van der Waals surface area contributed by atoms with Crippen molar-refractivity contribution in [3.8, 4) is 5.75 Å². The number of carboxylic acids is 1. The molecule has 11 heteroatoms. The molecule has 0 saturated heterocycles. The van der Waals surface area contributed by atoms with Gasteiger partial charge in [-0.2, -0.15) is 0 Å². The predicted octanol–water partition coefficient (Wildman–Crippen LogP) is 2.09. The van der Waals surface area contributed by atoms with Crippen LogP contribution in [0.4, 0.5) is 18.9 Å². The zero-order valence-corrected chi connectivity index (χ0v) is 12.4. The van der Waals surface area contributed by atoms with Gasteiger partial charge in [0.15, 0.2) is 5.69 Å². The molecule has 2 rings (SSSR count). The van der Waals surface area contributed by atoms with Gasteiger partial charge in [-0.25, -0.2) is 18.2 Å². The van der Waals surface area contributed by atoms with Crippen LogP contribution in [0.1, 0.15) is 10.5 Å². The molecule has 1 heterocycles. The molecule has 2 aromatic rings. The zero-order chi connectivity index (χ0) is 18.1. The van der Waals surface area contributed by atoms with Gasteiger partial charge in [0.1, 0.15) is 5.75 Å². The van der Waals surface area contributed by atoms with Crippen molar-refractivity contribution in [2.45, 2.75) is 16.2 Å². The first-order valence-electron chi connectivity index (χ1n) is 6.10. The molecular formula is C13H9F3N2O5S. The number of halogens is 3. The maximum absolute atomic E-state index is 12.4. The topological polar surface area (TPSA) is 120 Å². The van der Waals surface area contributed by atoms with Crippen LogP contribution in [0.15, 0.2) is 46.3 Å². The number of nitrogens with two attached hydrogens (primary N) is 1. The second kappa shape index (κ2) is 6.00. The molecule has 0 saturated carbocycles. The fourth-order valence-electron chi connectivity index (χ4n) is 1.76. The van der Waals surface area contributed by atoms with Gasteiger partial charge in [0.2, 0.25) is 9.84 Å². The third-order valence-corrected chi connectivity index (χ3v) is 4.47. The van der Waals surface area contributed by atoms with Crippen LogP contribution in [-0.4, -0.2) is 30.8 Å². The highest BCUT2D eigenvalue weighted by Gasteiger charge is 2.31. The molecule has 0 atom stereocenters. The molecular weight excluding hydrogens is 353 g/mol. The van der Waals surface area contributed by atoms with Crippen molar-refractivity contribution < 1.29 is 36.2 Å². The molecule has 24 heavy (non-hydrogen) atoms. The number of pyridine rings is 1. The molecule has 0 unspecified atom stereocenters. The molecule has 7 nitrogen and oxygen atoms in total. The largest absolute Gasteiger partial charge is 0.573 e. The molecule has 0 amide bonds. The molecule has 0 aliphatic carbocycles. The van der Waals surface area contributed by atoms with Crippen LogP contribution in [0.25, 0.3) is 0 Å². The van der Waals surface area contributed by atoms with E-state index in [1.165, 1.54) is 0 Å². The van der Waals surface area contributed by atoms with Crippen LogP contribution in [0, 0.1) is 0 Å². The number of aromatic nitrogens is 1. The number of nitrogen functional groups attached to an aromatic ring is 1. The lowest BCUT2D eigenvalue weighted by atomic mass is 10.3. The number of hydrogen-bond donors (Lipinski definition) is 2. The number of carbonyl (C=O) groups is 1. The fraction of sp³-hybridized carbons (Fsp3) is 0.0769. The Morgan fingerprint density at radius 1 is 1.21 bits per heavy atom. The summed E-state index contributed by atoms with van der Waals surface area (Å²) in [6.07, 6.45) is -4.22. The Labute approximate surface area is 133 Å². The van der Waals surface area contributed by atoms with Gasteiger partial charge in [-0.15, -0.1) is 13.2 Å². The molecule has 0 aliphatic heterocycles. The standard InChI is InChI=1S/C13H9F3N2O5S/c14-13(15,16)23-7-2-1-3-8(4-7)24(21,22)9-5-10(17)11(12(19)20)18-6-9/h1-6H,17H2,(H,19,20). The number of alkyl halides is 3. The maximum Gasteiger partial charge on any atom is 0.573 e. The summed E-state index contributed by atoms with van der Waals surface area (Å²) in [5, 5.41) is 8.81. The summed E-state index contributed by atoms with van der Waals surface area (Å²) in [6.45, 7) is 0. The molecule has 0 radical (unpaired) electrons. The summed E-state index contributed by atoms with van der Waals surface area (Å²) in [5.41, 5.74) is 4.49. The Morgan fingerprint density at radius 2 is 1.88 bits per heavy atom. The van der Waals surface area contributed by atoms with Crippen molar-refractivity contribution in [2.75, 3.05) is 5.73 Å². The third-order valence-electron chi connectivity index (χ3n) is 2.75. The van der Waals surface area contributed by atoms with Gasteiger partial charge in [0, 0.05) is 6.20 Å². The van der Waals surface area contributed by atoms with Gasteiger partial charge >= 0.3 is 12.3 Å². The van der Waals surface area contributed by atoms with E-state index in [0.717, 1.165) is 30.5 Å². The SMILES string of the molecule is Nc1cc(S(=O)(=O)c2cccc(OC(F)(F)F)c2)cnc1C(=O)O. The predicted molar refractivity (Wildman–Crippen MR) is 74.2 cm³/mol. The number of rotatable bonds is 4.